The molecule has 0 fully saturated rings. The van der Waals surface area contributed by atoms with Crippen molar-refractivity contribution >= 4 is 5.97 Å². The van der Waals surface area contributed by atoms with Gasteiger partial charge >= 0.3 is 5.97 Å². The number of carbonyl (C=O) groups excluding carboxylic acids is 1. The van der Waals surface area contributed by atoms with Crippen molar-refractivity contribution in [3.8, 4) is 0 Å². The lowest BCUT2D eigenvalue weighted by molar-refractivity contribution is -0.142. The molecule has 0 aromatic heterocycles. The third kappa shape index (κ3) is 8.64. The van der Waals surface area contributed by atoms with Crippen LogP contribution in [0.4, 0.5) is 0 Å². The molecule has 1 aromatic carbocycles. The highest BCUT2D eigenvalue weighted by Gasteiger charge is 2.02. The molecule has 0 aliphatic carbocycles. The molecular formula is C19H24O2. The smallest absolute Gasteiger partial charge is 0.306 e. The maximum absolute atomic E-state index is 11.6. The van der Waals surface area contributed by atoms with E-state index in [1.807, 2.05) is 61.6 Å². The van der Waals surface area contributed by atoms with Gasteiger partial charge in [0.15, 0.2) is 0 Å². The van der Waals surface area contributed by atoms with Gasteiger partial charge in [-0.05, 0) is 38.8 Å². The van der Waals surface area contributed by atoms with Gasteiger partial charge in [-0.25, -0.2) is 0 Å². The van der Waals surface area contributed by atoms with Crippen LogP contribution in [0, 0.1) is 0 Å². The van der Waals surface area contributed by atoms with Gasteiger partial charge in [-0.3, -0.25) is 4.79 Å². The van der Waals surface area contributed by atoms with Crippen LogP contribution in [0.15, 0.2) is 65.8 Å². The van der Waals surface area contributed by atoms with E-state index in [1.165, 1.54) is 5.57 Å². The minimum absolute atomic E-state index is 0.156. The van der Waals surface area contributed by atoms with Gasteiger partial charge in [-0.15, -0.1) is 0 Å². The molecule has 0 amide bonds. The van der Waals surface area contributed by atoms with E-state index < -0.39 is 0 Å². The molecule has 0 radical (unpaired) electrons. The predicted molar refractivity (Wildman–Crippen MR) is 88.1 cm³/mol. The number of esters is 1. The lowest BCUT2D eigenvalue weighted by Gasteiger charge is -2.02. The van der Waals surface area contributed by atoms with E-state index in [0.29, 0.717) is 13.0 Å². The monoisotopic (exact) mass is 284 g/mol. The topological polar surface area (TPSA) is 26.3 Å². The molecule has 0 unspecified atom stereocenters. The number of hydrogen-bond donors (Lipinski definition) is 0. The van der Waals surface area contributed by atoms with Crippen molar-refractivity contribution in [2.45, 2.75) is 33.6 Å². The molecule has 0 saturated heterocycles. The molecule has 1 rings (SSSR count). The lowest BCUT2D eigenvalue weighted by atomic mass is 10.1. The van der Waals surface area contributed by atoms with Crippen molar-refractivity contribution in [1.29, 1.82) is 0 Å². The maximum atomic E-state index is 11.6. The molecule has 0 heterocycles. The van der Waals surface area contributed by atoms with E-state index in [0.717, 1.165) is 17.6 Å². The predicted octanol–water partition coefficient (Wildman–Crippen LogP) is 4.63. The SMILES string of the molecule is CC(C)=C/C=C\C(C)=C\COC(=O)CCc1ccccc1. The fraction of sp³-hybridized carbons (Fsp3) is 0.316. The molecule has 0 saturated carbocycles. The van der Waals surface area contributed by atoms with E-state index >= 15 is 0 Å². The Morgan fingerprint density at radius 3 is 2.52 bits per heavy atom. The molecule has 2 nitrogen and oxygen atoms in total. The molecule has 0 bridgehead atoms. The van der Waals surface area contributed by atoms with E-state index in [1.54, 1.807) is 0 Å². The van der Waals surface area contributed by atoms with E-state index in [-0.39, 0.29) is 5.97 Å². The first-order chi connectivity index (χ1) is 10.1. The number of ether oxygens (including phenoxy) is 1. The number of carbonyl (C=O) groups is 1. The van der Waals surface area contributed by atoms with Crippen LogP contribution in [-0.2, 0) is 16.0 Å². The largest absolute Gasteiger partial charge is 0.461 e. The Morgan fingerprint density at radius 1 is 1.14 bits per heavy atom. The number of benzene rings is 1. The van der Waals surface area contributed by atoms with Gasteiger partial charge in [0.1, 0.15) is 6.61 Å². The zero-order valence-electron chi connectivity index (χ0n) is 13.1. The molecule has 0 N–H and O–H groups in total. The molecule has 0 aliphatic rings. The quantitative estimate of drug-likeness (QED) is 0.539. The summed E-state index contributed by atoms with van der Waals surface area (Å²) in [5.41, 5.74) is 3.50. The lowest BCUT2D eigenvalue weighted by Crippen LogP contribution is -2.06. The van der Waals surface area contributed by atoms with Crippen molar-refractivity contribution in [2.75, 3.05) is 6.61 Å². The minimum Gasteiger partial charge on any atom is -0.461 e. The van der Waals surface area contributed by atoms with Gasteiger partial charge in [0.25, 0.3) is 0 Å². The fourth-order valence-electron chi connectivity index (χ4n) is 1.69. The second kappa shape index (κ2) is 9.76. The Labute approximate surface area is 127 Å². The fourth-order valence-corrected chi connectivity index (χ4v) is 1.69. The van der Waals surface area contributed by atoms with Crippen molar-refractivity contribution in [2.24, 2.45) is 0 Å². The Kier molecular flexibility index (Phi) is 7.88. The first-order valence-electron chi connectivity index (χ1n) is 7.26. The Bertz CT molecular complexity index is 518. The summed E-state index contributed by atoms with van der Waals surface area (Å²) in [5.74, 6) is -0.156. The molecule has 0 atom stereocenters. The van der Waals surface area contributed by atoms with Crippen molar-refractivity contribution in [3.63, 3.8) is 0 Å². The zero-order valence-corrected chi connectivity index (χ0v) is 13.1. The summed E-state index contributed by atoms with van der Waals surface area (Å²) in [7, 11) is 0. The third-order valence-electron chi connectivity index (χ3n) is 2.90. The van der Waals surface area contributed by atoms with Gasteiger partial charge in [0.2, 0.25) is 0 Å². The van der Waals surface area contributed by atoms with Crippen LogP contribution >= 0.6 is 0 Å². The third-order valence-corrected chi connectivity index (χ3v) is 2.90. The number of allylic oxidation sites excluding steroid dienone is 5. The molecule has 21 heavy (non-hydrogen) atoms. The van der Waals surface area contributed by atoms with E-state index in [4.69, 9.17) is 4.74 Å². The summed E-state index contributed by atoms with van der Waals surface area (Å²) < 4.78 is 5.20. The number of rotatable bonds is 7. The summed E-state index contributed by atoms with van der Waals surface area (Å²) >= 11 is 0. The summed E-state index contributed by atoms with van der Waals surface area (Å²) in [6.07, 6.45) is 9.11. The first-order valence-corrected chi connectivity index (χ1v) is 7.26. The Hall–Kier alpha value is -2.09. The van der Waals surface area contributed by atoms with Crippen LogP contribution < -0.4 is 0 Å². The van der Waals surface area contributed by atoms with Crippen molar-refractivity contribution < 1.29 is 9.53 Å². The molecule has 1 aromatic rings. The van der Waals surface area contributed by atoms with Gasteiger partial charge in [0.05, 0.1) is 0 Å². The molecule has 0 aliphatic heterocycles. The molecule has 112 valence electrons. The van der Waals surface area contributed by atoms with Crippen LogP contribution in [0.2, 0.25) is 0 Å². The second-order valence-corrected chi connectivity index (χ2v) is 5.22. The normalized spacial score (nSPS) is 11.5. The number of aryl methyl sites for hydroxylation is 1. The molecule has 0 spiro atoms. The van der Waals surface area contributed by atoms with Gasteiger partial charge in [-0.2, -0.15) is 0 Å². The minimum atomic E-state index is -0.156. The van der Waals surface area contributed by atoms with Crippen LogP contribution in [0.5, 0.6) is 0 Å². The van der Waals surface area contributed by atoms with Gasteiger partial charge in [-0.1, -0.05) is 59.7 Å². The molecule has 2 heteroatoms. The summed E-state index contributed by atoms with van der Waals surface area (Å²) in [6.45, 7) is 6.43. The second-order valence-electron chi connectivity index (χ2n) is 5.22. The average Bonchev–Trinajstić information content (AvgIpc) is 2.46. The molecular weight excluding hydrogens is 260 g/mol. The average molecular weight is 284 g/mol. The highest BCUT2D eigenvalue weighted by molar-refractivity contribution is 5.69. The summed E-state index contributed by atoms with van der Waals surface area (Å²) in [6, 6.07) is 9.96. The summed E-state index contributed by atoms with van der Waals surface area (Å²) in [4.78, 5) is 11.6. The standard InChI is InChI=1S/C19H24O2/c1-16(2)8-7-9-17(3)14-15-21-19(20)13-12-18-10-5-4-6-11-18/h4-11,14H,12-13,15H2,1-3H3/b9-7-,17-14+. The maximum Gasteiger partial charge on any atom is 0.306 e. The van der Waals surface area contributed by atoms with Crippen LogP contribution in [-0.4, -0.2) is 12.6 Å². The summed E-state index contributed by atoms with van der Waals surface area (Å²) in [5, 5.41) is 0. The van der Waals surface area contributed by atoms with Crippen LogP contribution in [0.3, 0.4) is 0 Å². The zero-order chi connectivity index (χ0) is 15.5. The van der Waals surface area contributed by atoms with Crippen molar-refractivity contribution in [1.82, 2.24) is 0 Å². The number of hydrogen-bond acceptors (Lipinski definition) is 2. The van der Waals surface area contributed by atoms with Crippen LogP contribution in [0.25, 0.3) is 0 Å². The highest BCUT2D eigenvalue weighted by atomic mass is 16.5. The highest BCUT2D eigenvalue weighted by Crippen LogP contribution is 2.04. The Morgan fingerprint density at radius 2 is 1.86 bits per heavy atom. The Balaban J connectivity index is 2.27. The van der Waals surface area contributed by atoms with Crippen LogP contribution in [0.1, 0.15) is 32.8 Å². The van der Waals surface area contributed by atoms with E-state index in [9.17, 15) is 4.79 Å². The van der Waals surface area contributed by atoms with Gasteiger partial charge in [0, 0.05) is 6.42 Å². The first kappa shape index (κ1) is 17.0. The van der Waals surface area contributed by atoms with Crippen molar-refractivity contribution in [3.05, 3.63) is 71.3 Å². The van der Waals surface area contributed by atoms with E-state index in [2.05, 4.69) is 13.8 Å². The van der Waals surface area contributed by atoms with Gasteiger partial charge < -0.3 is 4.74 Å².